The molecule has 0 saturated heterocycles. The molecular formula is C25H26N2O6S. The van der Waals surface area contributed by atoms with E-state index in [0.29, 0.717) is 42.3 Å². The van der Waals surface area contributed by atoms with Crippen LogP contribution < -0.4 is 19.5 Å². The number of amides is 1. The molecule has 178 valence electrons. The number of Topliss-reactive ketones (excluding diaryl/α,β-unsaturated/α-hetero) is 1. The molecule has 8 nitrogen and oxygen atoms in total. The molecule has 0 aliphatic heterocycles. The van der Waals surface area contributed by atoms with Crippen molar-refractivity contribution < 1.29 is 27.5 Å². The Morgan fingerprint density at radius 2 is 1.35 bits per heavy atom. The quantitative estimate of drug-likeness (QED) is 0.317. The maximum absolute atomic E-state index is 12.5. The van der Waals surface area contributed by atoms with Gasteiger partial charge < -0.3 is 14.8 Å². The Bertz CT molecular complexity index is 1220. The first-order valence-corrected chi connectivity index (χ1v) is 12.1. The Labute approximate surface area is 199 Å². The van der Waals surface area contributed by atoms with Crippen LogP contribution in [0.4, 0.5) is 5.69 Å². The lowest BCUT2D eigenvalue weighted by molar-refractivity contribution is 0.0946. The number of hydrogen-bond acceptors (Lipinski definition) is 6. The van der Waals surface area contributed by atoms with Crippen LogP contribution in [-0.2, 0) is 10.0 Å². The summed E-state index contributed by atoms with van der Waals surface area (Å²) in [5.41, 5.74) is 1.13. The second kappa shape index (κ2) is 11.3. The van der Waals surface area contributed by atoms with Crippen LogP contribution in [-0.4, -0.2) is 39.9 Å². The van der Waals surface area contributed by atoms with Crippen LogP contribution in [0, 0.1) is 0 Å². The van der Waals surface area contributed by atoms with Gasteiger partial charge in [-0.1, -0.05) is 12.1 Å². The molecule has 9 heteroatoms. The number of nitrogens with one attached hydrogen (secondary N) is 2. The van der Waals surface area contributed by atoms with Gasteiger partial charge in [-0.05, 0) is 74.5 Å². The Hall–Kier alpha value is -3.85. The molecule has 0 heterocycles. The van der Waals surface area contributed by atoms with E-state index in [1.807, 2.05) is 19.1 Å². The molecule has 0 radical (unpaired) electrons. The molecule has 0 aliphatic carbocycles. The summed E-state index contributed by atoms with van der Waals surface area (Å²) in [6.45, 7) is 4.51. The molecule has 0 aliphatic rings. The predicted molar refractivity (Wildman–Crippen MR) is 129 cm³/mol. The summed E-state index contributed by atoms with van der Waals surface area (Å²) in [7, 11) is -3.83. The summed E-state index contributed by atoms with van der Waals surface area (Å²) < 4.78 is 38.5. The van der Waals surface area contributed by atoms with E-state index < -0.39 is 10.0 Å². The van der Waals surface area contributed by atoms with Crippen molar-refractivity contribution in [2.75, 3.05) is 24.5 Å². The van der Waals surface area contributed by atoms with Gasteiger partial charge in [-0.2, -0.15) is 0 Å². The molecule has 2 N–H and O–H groups in total. The molecule has 0 spiro atoms. The van der Waals surface area contributed by atoms with Crippen LogP contribution in [0.5, 0.6) is 11.5 Å². The highest BCUT2D eigenvalue weighted by Gasteiger charge is 2.15. The Morgan fingerprint density at radius 1 is 0.794 bits per heavy atom. The number of ketones is 1. The highest BCUT2D eigenvalue weighted by molar-refractivity contribution is 7.92. The lowest BCUT2D eigenvalue weighted by atomic mass is 10.2. The molecular weight excluding hydrogens is 456 g/mol. The topological polar surface area (TPSA) is 111 Å². The SMILES string of the molecule is CCOc1ccc(OCCNC(=O)c2ccc(NS(=O)(=O)c3ccc(C(C)=O)cc3)cc2)cc1. The minimum Gasteiger partial charge on any atom is -0.494 e. The number of rotatable bonds is 11. The fourth-order valence-corrected chi connectivity index (χ4v) is 4.07. The molecule has 0 atom stereocenters. The summed E-state index contributed by atoms with van der Waals surface area (Å²) in [6, 6.07) is 19.0. The monoisotopic (exact) mass is 482 g/mol. The van der Waals surface area contributed by atoms with Crippen LogP contribution >= 0.6 is 0 Å². The van der Waals surface area contributed by atoms with E-state index in [2.05, 4.69) is 10.0 Å². The minimum atomic E-state index is -3.83. The standard InChI is InChI=1S/C25H26N2O6S/c1-3-32-22-10-12-23(13-11-22)33-17-16-26-25(29)20-4-8-21(9-5-20)27-34(30,31)24-14-6-19(7-15-24)18(2)28/h4-15,27H,3,16-17H2,1-2H3,(H,26,29). The molecule has 0 aromatic heterocycles. The normalized spacial score (nSPS) is 10.9. The van der Waals surface area contributed by atoms with Gasteiger partial charge in [0.25, 0.3) is 15.9 Å². The van der Waals surface area contributed by atoms with E-state index in [1.54, 1.807) is 12.1 Å². The van der Waals surface area contributed by atoms with Crippen LogP contribution in [0.3, 0.4) is 0 Å². The summed E-state index contributed by atoms with van der Waals surface area (Å²) in [6.07, 6.45) is 0. The third-order valence-electron chi connectivity index (χ3n) is 4.76. The van der Waals surface area contributed by atoms with Gasteiger partial charge in [-0.25, -0.2) is 8.42 Å². The van der Waals surface area contributed by atoms with E-state index in [0.717, 1.165) is 5.75 Å². The van der Waals surface area contributed by atoms with E-state index in [-0.39, 0.29) is 16.6 Å². The first-order chi connectivity index (χ1) is 16.3. The van der Waals surface area contributed by atoms with Gasteiger partial charge in [0.15, 0.2) is 5.78 Å². The fraction of sp³-hybridized carbons (Fsp3) is 0.200. The van der Waals surface area contributed by atoms with Gasteiger partial charge in [0.1, 0.15) is 18.1 Å². The summed E-state index contributed by atoms with van der Waals surface area (Å²) in [5, 5.41) is 2.75. The zero-order valence-electron chi connectivity index (χ0n) is 18.9. The van der Waals surface area contributed by atoms with Gasteiger partial charge in [0.05, 0.1) is 18.0 Å². The van der Waals surface area contributed by atoms with E-state index >= 15 is 0 Å². The molecule has 0 saturated carbocycles. The minimum absolute atomic E-state index is 0.0341. The lowest BCUT2D eigenvalue weighted by Gasteiger charge is -2.10. The van der Waals surface area contributed by atoms with Crippen LogP contribution in [0.2, 0.25) is 0 Å². The smallest absolute Gasteiger partial charge is 0.261 e. The third kappa shape index (κ3) is 6.82. The summed E-state index contributed by atoms with van der Waals surface area (Å²) in [5.74, 6) is 0.989. The second-order valence-corrected chi connectivity index (χ2v) is 8.95. The zero-order chi connectivity index (χ0) is 24.6. The first kappa shape index (κ1) is 24.8. The molecule has 0 fully saturated rings. The second-order valence-electron chi connectivity index (χ2n) is 7.27. The van der Waals surface area contributed by atoms with E-state index in [9.17, 15) is 18.0 Å². The molecule has 3 aromatic rings. The maximum atomic E-state index is 12.5. The maximum Gasteiger partial charge on any atom is 0.261 e. The first-order valence-electron chi connectivity index (χ1n) is 10.7. The molecule has 0 unspecified atom stereocenters. The Kier molecular flexibility index (Phi) is 8.26. The number of sulfonamides is 1. The van der Waals surface area contributed by atoms with E-state index in [4.69, 9.17) is 9.47 Å². The Balaban J connectivity index is 1.49. The number of hydrogen-bond donors (Lipinski definition) is 2. The van der Waals surface area contributed by atoms with Crippen molar-refractivity contribution in [3.63, 3.8) is 0 Å². The predicted octanol–water partition coefficient (Wildman–Crippen LogP) is 3.90. The summed E-state index contributed by atoms with van der Waals surface area (Å²) >= 11 is 0. The number of carbonyl (C=O) groups is 2. The largest absolute Gasteiger partial charge is 0.494 e. The van der Waals surface area contributed by atoms with Crippen LogP contribution in [0.25, 0.3) is 0 Å². The molecule has 1 amide bonds. The van der Waals surface area contributed by atoms with Gasteiger partial charge in [0, 0.05) is 16.8 Å². The Morgan fingerprint density at radius 3 is 1.91 bits per heavy atom. The van der Waals surface area contributed by atoms with Gasteiger partial charge in [-0.15, -0.1) is 0 Å². The fourth-order valence-electron chi connectivity index (χ4n) is 3.01. The van der Waals surface area contributed by atoms with Crippen molar-refractivity contribution in [2.24, 2.45) is 0 Å². The van der Waals surface area contributed by atoms with Gasteiger partial charge in [0.2, 0.25) is 0 Å². The number of anilines is 1. The van der Waals surface area contributed by atoms with Crippen molar-refractivity contribution >= 4 is 27.4 Å². The van der Waals surface area contributed by atoms with Crippen molar-refractivity contribution in [2.45, 2.75) is 18.7 Å². The van der Waals surface area contributed by atoms with Crippen molar-refractivity contribution in [1.82, 2.24) is 5.32 Å². The van der Waals surface area contributed by atoms with Gasteiger partial charge >= 0.3 is 0 Å². The average molecular weight is 483 g/mol. The van der Waals surface area contributed by atoms with Crippen LogP contribution in [0.15, 0.2) is 77.7 Å². The zero-order valence-corrected chi connectivity index (χ0v) is 19.7. The van der Waals surface area contributed by atoms with Gasteiger partial charge in [-0.3, -0.25) is 14.3 Å². The molecule has 3 aromatic carbocycles. The molecule has 34 heavy (non-hydrogen) atoms. The average Bonchev–Trinajstić information content (AvgIpc) is 2.83. The van der Waals surface area contributed by atoms with Crippen molar-refractivity contribution in [1.29, 1.82) is 0 Å². The van der Waals surface area contributed by atoms with Crippen molar-refractivity contribution in [3.8, 4) is 11.5 Å². The van der Waals surface area contributed by atoms with Crippen molar-refractivity contribution in [3.05, 3.63) is 83.9 Å². The number of carbonyl (C=O) groups excluding carboxylic acids is 2. The summed E-state index contributed by atoms with van der Waals surface area (Å²) in [4.78, 5) is 23.7. The molecule has 0 bridgehead atoms. The molecule has 3 rings (SSSR count). The highest BCUT2D eigenvalue weighted by atomic mass is 32.2. The highest BCUT2D eigenvalue weighted by Crippen LogP contribution is 2.18. The third-order valence-corrected chi connectivity index (χ3v) is 6.16. The lowest BCUT2D eigenvalue weighted by Crippen LogP contribution is -2.28. The number of ether oxygens (including phenoxy) is 2. The number of benzene rings is 3. The van der Waals surface area contributed by atoms with Crippen LogP contribution in [0.1, 0.15) is 34.6 Å². The van der Waals surface area contributed by atoms with E-state index in [1.165, 1.54) is 55.5 Å².